The zero-order valence-corrected chi connectivity index (χ0v) is 11.2. The van der Waals surface area contributed by atoms with Crippen LogP contribution in [0.4, 0.5) is 4.39 Å². The Hall–Kier alpha value is -1.42. The normalized spacial score (nSPS) is 24.5. The van der Waals surface area contributed by atoms with Gasteiger partial charge in [0.15, 0.2) is 0 Å². The molecule has 1 amide bonds. The van der Waals surface area contributed by atoms with Gasteiger partial charge in [-0.15, -0.1) is 0 Å². The van der Waals surface area contributed by atoms with E-state index in [-0.39, 0.29) is 23.7 Å². The first-order chi connectivity index (χ1) is 9.16. The van der Waals surface area contributed by atoms with E-state index in [2.05, 4.69) is 4.90 Å². The van der Waals surface area contributed by atoms with Crippen molar-refractivity contribution in [2.75, 3.05) is 26.7 Å². The van der Waals surface area contributed by atoms with Crippen molar-refractivity contribution in [3.05, 3.63) is 35.6 Å². The molecule has 2 aliphatic rings. The standard InChI is InChI=1S/C15H19FN2O/c1-17-8-9-18(15(19)11-6-7-11)10-14(17)12-4-2-3-5-13(12)16/h2-5,11,14H,6-10H2,1H3. The quantitative estimate of drug-likeness (QED) is 0.814. The molecule has 0 aromatic heterocycles. The summed E-state index contributed by atoms with van der Waals surface area (Å²) in [5.41, 5.74) is 0.693. The molecule has 1 saturated heterocycles. The zero-order valence-electron chi connectivity index (χ0n) is 11.2. The lowest BCUT2D eigenvalue weighted by molar-refractivity contribution is -0.135. The molecule has 1 aromatic rings. The highest BCUT2D eigenvalue weighted by molar-refractivity contribution is 5.81. The molecule has 0 bridgehead atoms. The van der Waals surface area contributed by atoms with Gasteiger partial charge < -0.3 is 4.90 Å². The van der Waals surface area contributed by atoms with Crippen LogP contribution in [0.25, 0.3) is 0 Å². The Kier molecular flexibility index (Phi) is 3.27. The molecule has 0 spiro atoms. The Morgan fingerprint density at radius 3 is 2.68 bits per heavy atom. The zero-order chi connectivity index (χ0) is 13.4. The highest BCUT2D eigenvalue weighted by Crippen LogP contribution is 2.33. The fourth-order valence-electron chi connectivity index (χ4n) is 2.74. The van der Waals surface area contributed by atoms with Gasteiger partial charge in [0.2, 0.25) is 5.91 Å². The highest BCUT2D eigenvalue weighted by atomic mass is 19.1. The summed E-state index contributed by atoms with van der Waals surface area (Å²) in [6.07, 6.45) is 2.05. The van der Waals surface area contributed by atoms with E-state index in [0.29, 0.717) is 12.1 Å². The predicted octanol–water partition coefficient (Wildman–Crippen LogP) is 2.05. The summed E-state index contributed by atoms with van der Waals surface area (Å²) in [4.78, 5) is 16.2. The fourth-order valence-corrected chi connectivity index (χ4v) is 2.74. The molecule has 1 aliphatic heterocycles. The second-order valence-corrected chi connectivity index (χ2v) is 5.58. The van der Waals surface area contributed by atoms with Crippen molar-refractivity contribution >= 4 is 5.91 Å². The maximum atomic E-state index is 13.9. The van der Waals surface area contributed by atoms with Gasteiger partial charge in [0, 0.05) is 31.1 Å². The smallest absolute Gasteiger partial charge is 0.225 e. The van der Waals surface area contributed by atoms with Crippen molar-refractivity contribution in [1.29, 1.82) is 0 Å². The molecular weight excluding hydrogens is 243 g/mol. The third-order valence-corrected chi connectivity index (χ3v) is 4.15. The number of hydrogen-bond acceptors (Lipinski definition) is 2. The van der Waals surface area contributed by atoms with Crippen LogP contribution in [0.1, 0.15) is 24.4 Å². The SMILES string of the molecule is CN1CCN(C(=O)C2CC2)CC1c1ccccc1F. The third kappa shape index (κ3) is 2.50. The van der Waals surface area contributed by atoms with Gasteiger partial charge in [-0.3, -0.25) is 9.69 Å². The van der Waals surface area contributed by atoms with Crippen LogP contribution in [-0.2, 0) is 4.79 Å². The van der Waals surface area contributed by atoms with E-state index >= 15 is 0 Å². The van der Waals surface area contributed by atoms with Crippen LogP contribution in [0, 0.1) is 11.7 Å². The van der Waals surface area contributed by atoms with Gasteiger partial charge >= 0.3 is 0 Å². The fraction of sp³-hybridized carbons (Fsp3) is 0.533. The van der Waals surface area contributed by atoms with Gasteiger partial charge in [0.05, 0.1) is 6.04 Å². The number of halogens is 1. The van der Waals surface area contributed by atoms with Crippen molar-refractivity contribution in [3.63, 3.8) is 0 Å². The Morgan fingerprint density at radius 2 is 2.00 bits per heavy atom. The van der Waals surface area contributed by atoms with Crippen molar-refractivity contribution in [3.8, 4) is 0 Å². The Bertz CT molecular complexity index is 487. The molecule has 0 radical (unpaired) electrons. The van der Waals surface area contributed by atoms with E-state index in [1.54, 1.807) is 6.07 Å². The molecule has 3 nitrogen and oxygen atoms in total. The topological polar surface area (TPSA) is 23.6 Å². The molecule has 4 heteroatoms. The Balaban J connectivity index is 1.79. The van der Waals surface area contributed by atoms with Gasteiger partial charge in [-0.2, -0.15) is 0 Å². The first-order valence-electron chi connectivity index (χ1n) is 6.90. The van der Waals surface area contributed by atoms with E-state index in [1.807, 2.05) is 24.1 Å². The van der Waals surface area contributed by atoms with Crippen LogP contribution < -0.4 is 0 Å². The Labute approximate surface area is 113 Å². The minimum Gasteiger partial charge on any atom is -0.339 e. The molecule has 1 aliphatic carbocycles. The maximum absolute atomic E-state index is 13.9. The summed E-state index contributed by atoms with van der Waals surface area (Å²) in [7, 11) is 2.00. The number of piperazine rings is 1. The third-order valence-electron chi connectivity index (χ3n) is 4.15. The summed E-state index contributed by atoms with van der Waals surface area (Å²) in [6.45, 7) is 2.17. The molecule has 3 rings (SSSR count). The van der Waals surface area contributed by atoms with Crippen LogP contribution in [-0.4, -0.2) is 42.4 Å². The summed E-state index contributed by atoms with van der Waals surface area (Å²) in [5.74, 6) is 0.319. The molecule has 102 valence electrons. The lowest BCUT2D eigenvalue weighted by Crippen LogP contribution is -2.49. The first kappa shape index (κ1) is 12.6. The van der Waals surface area contributed by atoms with Crippen LogP contribution in [0.2, 0.25) is 0 Å². The van der Waals surface area contributed by atoms with Crippen LogP contribution >= 0.6 is 0 Å². The van der Waals surface area contributed by atoms with E-state index < -0.39 is 0 Å². The highest BCUT2D eigenvalue weighted by Gasteiger charge is 2.37. The maximum Gasteiger partial charge on any atom is 0.225 e. The van der Waals surface area contributed by atoms with Crippen LogP contribution in [0.5, 0.6) is 0 Å². The minimum atomic E-state index is -0.180. The monoisotopic (exact) mass is 262 g/mol. The lowest BCUT2D eigenvalue weighted by atomic mass is 10.0. The number of nitrogens with zero attached hydrogens (tertiary/aromatic N) is 2. The van der Waals surface area contributed by atoms with Crippen LogP contribution in [0.3, 0.4) is 0 Å². The van der Waals surface area contributed by atoms with Gasteiger partial charge in [-0.05, 0) is 26.0 Å². The molecule has 2 fully saturated rings. The molecule has 1 heterocycles. The number of likely N-dealkylation sites (N-methyl/N-ethyl adjacent to an activating group) is 1. The first-order valence-corrected chi connectivity index (χ1v) is 6.90. The molecule has 0 N–H and O–H groups in total. The van der Waals surface area contributed by atoms with Crippen molar-refractivity contribution < 1.29 is 9.18 Å². The number of rotatable bonds is 2. The number of benzene rings is 1. The van der Waals surface area contributed by atoms with Gasteiger partial charge in [-0.1, -0.05) is 18.2 Å². The second-order valence-electron chi connectivity index (χ2n) is 5.58. The van der Waals surface area contributed by atoms with Gasteiger partial charge in [0.1, 0.15) is 5.82 Å². The number of amides is 1. The van der Waals surface area contributed by atoms with Gasteiger partial charge in [-0.25, -0.2) is 4.39 Å². The lowest BCUT2D eigenvalue weighted by Gasteiger charge is -2.40. The average molecular weight is 262 g/mol. The molecule has 1 atom stereocenters. The van der Waals surface area contributed by atoms with Crippen molar-refractivity contribution in [1.82, 2.24) is 9.80 Å². The molecule has 1 saturated carbocycles. The summed E-state index contributed by atoms with van der Waals surface area (Å²) in [6, 6.07) is 6.84. The van der Waals surface area contributed by atoms with E-state index in [1.165, 1.54) is 6.07 Å². The minimum absolute atomic E-state index is 0.0300. The number of hydrogen-bond donors (Lipinski definition) is 0. The van der Waals surface area contributed by atoms with Crippen molar-refractivity contribution in [2.24, 2.45) is 5.92 Å². The number of carbonyl (C=O) groups is 1. The molecular formula is C15H19FN2O. The van der Waals surface area contributed by atoms with Gasteiger partial charge in [0.25, 0.3) is 0 Å². The second kappa shape index (κ2) is 4.93. The largest absolute Gasteiger partial charge is 0.339 e. The summed E-state index contributed by atoms with van der Waals surface area (Å²) in [5, 5.41) is 0. The molecule has 19 heavy (non-hydrogen) atoms. The Morgan fingerprint density at radius 1 is 1.26 bits per heavy atom. The average Bonchev–Trinajstić information content (AvgIpc) is 3.24. The molecule has 1 aromatic carbocycles. The van der Waals surface area contributed by atoms with E-state index in [4.69, 9.17) is 0 Å². The predicted molar refractivity (Wildman–Crippen MR) is 71.1 cm³/mol. The molecule has 1 unspecified atom stereocenters. The van der Waals surface area contributed by atoms with Crippen LogP contribution in [0.15, 0.2) is 24.3 Å². The van der Waals surface area contributed by atoms with Crippen molar-refractivity contribution in [2.45, 2.75) is 18.9 Å². The number of carbonyl (C=O) groups excluding carboxylic acids is 1. The van der Waals surface area contributed by atoms with E-state index in [0.717, 1.165) is 25.9 Å². The summed E-state index contributed by atoms with van der Waals surface area (Å²) < 4.78 is 13.9. The summed E-state index contributed by atoms with van der Waals surface area (Å²) >= 11 is 0. The van der Waals surface area contributed by atoms with E-state index in [9.17, 15) is 9.18 Å².